The summed E-state index contributed by atoms with van der Waals surface area (Å²) in [5.41, 5.74) is 2.49. The predicted octanol–water partition coefficient (Wildman–Crippen LogP) is 3.20. The van der Waals surface area contributed by atoms with Crippen LogP contribution < -0.4 is 4.90 Å². The summed E-state index contributed by atoms with van der Waals surface area (Å²) < 4.78 is 0. The van der Waals surface area contributed by atoms with Crippen molar-refractivity contribution in [1.82, 2.24) is 0 Å². The molecule has 1 N–H and O–H groups in total. The zero-order valence-electron chi connectivity index (χ0n) is 11.0. The maximum absolute atomic E-state index is 10.8. The number of aliphatic carboxylic acids is 1. The Bertz CT molecular complexity index is 459. The minimum atomic E-state index is -0.727. The molecule has 0 aliphatic carbocycles. The van der Waals surface area contributed by atoms with Crippen molar-refractivity contribution in [2.24, 2.45) is 0 Å². The first kappa shape index (κ1) is 13.3. The molecule has 0 bridgehead atoms. The van der Waals surface area contributed by atoms with E-state index in [2.05, 4.69) is 36.9 Å². The number of hydrogen-bond acceptors (Lipinski definition) is 3. The van der Waals surface area contributed by atoms with Crippen molar-refractivity contribution in [2.75, 3.05) is 17.7 Å². The molecule has 0 fully saturated rings. The third kappa shape index (κ3) is 2.64. The third-order valence-corrected chi connectivity index (χ3v) is 4.61. The Morgan fingerprint density at radius 3 is 2.89 bits per heavy atom. The summed E-state index contributed by atoms with van der Waals surface area (Å²) in [4.78, 5) is 14.2. The first-order valence-corrected chi connectivity index (χ1v) is 7.19. The smallest absolute Gasteiger partial charge is 0.305 e. The highest BCUT2D eigenvalue weighted by molar-refractivity contribution is 7.99. The molecule has 1 aliphatic heterocycles. The van der Waals surface area contributed by atoms with Crippen LogP contribution in [0.2, 0.25) is 0 Å². The minimum Gasteiger partial charge on any atom is -0.481 e. The average molecular weight is 265 g/mol. The van der Waals surface area contributed by atoms with E-state index in [1.54, 1.807) is 11.8 Å². The van der Waals surface area contributed by atoms with E-state index < -0.39 is 5.97 Å². The zero-order chi connectivity index (χ0) is 13.3. The van der Waals surface area contributed by atoms with E-state index in [4.69, 9.17) is 5.11 Å². The van der Waals surface area contributed by atoms with Gasteiger partial charge in [0, 0.05) is 23.7 Å². The lowest BCUT2D eigenvalue weighted by atomic mass is 10.0. The van der Waals surface area contributed by atoms with Crippen LogP contribution in [-0.4, -0.2) is 29.9 Å². The highest BCUT2D eigenvalue weighted by atomic mass is 32.2. The highest BCUT2D eigenvalue weighted by Gasteiger charge is 2.26. The van der Waals surface area contributed by atoms with Crippen molar-refractivity contribution in [3.05, 3.63) is 23.8 Å². The summed E-state index contributed by atoms with van der Waals surface area (Å²) in [5, 5.41) is 8.91. The second-order valence-electron chi connectivity index (χ2n) is 5.06. The van der Waals surface area contributed by atoms with Gasteiger partial charge in [0.2, 0.25) is 0 Å². The lowest BCUT2D eigenvalue weighted by Crippen LogP contribution is -2.38. The van der Waals surface area contributed by atoms with Crippen molar-refractivity contribution in [1.29, 1.82) is 0 Å². The van der Waals surface area contributed by atoms with Gasteiger partial charge in [-0.3, -0.25) is 4.79 Å². The van der Waals surface area contributed by atoms with Gasteiger partial charge in [0.25, 0.3) is 0 Å². The summed E-state index contributed by atoms with van der Waals surface area (Å²) >= 11 is 1.77. The minimum absolute atomic E-state index is 0.0879. The first-order chi connectivity index (χ1) is 8.49. The molecule has 4 heteroatoms. The highest BCUT2D eigenvalue weighted by Crippen LogP contribution is 2.39. The molecule has 18 heavy (non-hydrogen) atoms. The second kappa shape index (κ2) is 5.22. The quantitative estimate of drug-likeness (QED) is 0.911. The van der Waals surface area contributed by atoms with Crippen LogP contribution in [0, 0.1) is 0 Å². The average Bonchev–Trinajstić information content (AvgIpc) is 2.32. The van der Waals surface area contributed by atoms with Crippen LogP contribution in [0.3, 0.4) is 0 Å². The Morgan fingerprint density at radius 1 is 1.56 bits per heavy atom. The van der Waals surface area contributed by atoms with Gasteiger partial charge < -0.3 is 10.0 Å². The van der Waals surface area contributed by atoms with Crippen molar-refractivity contribution >= 4 is 23.4 Å². The molecular formula is C14H19NO2S. The number of nitrogens with zero attached hydrogens (tertiary/aromatic N) is 1. The van der Waals surface area contributed by atoms with Gasteiger partial charge in [-0.25, -0.2) is 0 Å². The molecular weight excluding hydrogens is 246 g/mol. The molecule has 1 atom stereocenters. The van der Waals surface area contributed by atoms with Crippen LogP contribution in [0.1, 0.15) is 31.7 Å². The molecule has 1 aromatic carbocycles. The van der Waals surface area contributed by atoms with E-state index in [0.717, 1.165) is 11.4 Å². The molecule has 2 rings (SSSR count). The summed E-state index contributed by atoms with van der Waals surface area (Å²) in [6.45, 7) is 4.37. The van der Waals surface area contributed by atoms with Crippen LogP contribution in [-0.2, 0) is 4.79 Å². The first-order valence-electron chi connectivity index (χ1n) is 6.20. The number of hydrogen-bond donors (Lipinski definition) is 1. The van der Waals surface area contributed by atoms with Crippen LogP contribution in [0.15, 0.2) is 23.1 Å². The lowest BCUT2D eigenvalue weighted by molar-refractivity contribution is -0.137. The van der Waals surface area contributed by atoms with E-state index in [0.29, 0.717) is 5.92 Å². The molecule has 3 nitrogen and oxygen atoms in total. The maximum atomic E-state index is 10.8. The molecule has 0 saturated carbocycles. The van der Waals surface area contributed by atoms with Gasteiger partial charge in [-0.2, -0.15) is 0 Å². The number of fused-ring (bicyclic) bond motifs is 1. The van der Waals surface area contributed by atoms with Crippen LogP contribution in [0.5, 0.6) is 0 Å². The molecule has 1 heterocycles. The number of anilines is 1. The fourth-order valence-corrected chi connectivity index (χ4v) is 3.48. The number of carboxylic acids is 1. The van der Waals surface area contributed by atoms with E-state index >= 15 is 0 Å². The van der Waals surface area contributed by atoms with Crippen LogP contribution >= 0.6 is 11.8 Å². The summed E-state index contributed by atoms with van der Waals surface area (Å²) in [7, 11) is 1.99. The summed E-state index contributed by atoms with van der Waals surface area (Å²) in [6, 6.07) is 6.58. The molecule has 0 aromatic heterocycles. The van der Waals surface area contributed by atoms with Crippen LogP contribution in [0.4, 0.5) is 5.69 Å². The fourth-order valence-electron chi connectivity index (χ4n) is 2.19. The molecule has 98 valence electrons. The van der Waals surface area contributed by atoms with E-state index in [9.17, 15) is 4.79 Å². The molecule has 1 aliphatic rings. The Morgan fingerprint density at radius 2 is 2.28 bits per heavy atom. The van der Waals surface area contributed by atoms with E-state index in [-0.39, 0.29) is 12.5 Å². The third-order valence-electron chi connectivity index (χ3n) is 3.42. The van der Waals surface area contributed by atoms with Gasteiger partial charge >= 0.3 is 5.97 Å². The molecule has 0 radical (unpaired) electrons. The molecule has 1 aromatic rings. The van der Waals surface area contributed by atoms with Gasteiger partial charge in [-0.15, -0.1) is 11.8 Å². The zero-order valence-corrected chi connectivity index (χ0v) is 11.8. The maximum Gasteiger partial charge on any atom is 0.305 e. The molecule has 0 spiro atoms. The number of carbonyl (C=O) groups is 1. The second-order valence-corrected chi connectivity index (χ2v) is 6.12. The van der Waals surface area contributed by atoms with Gasteiger partial charge in [-0.05, 0) is 23.6 Å². The summed E-state index contributed by atoms with van der Waals surface area (Å²) in [5.74, 6) is 0.643. The predicted molar refractivity (Wildman–Crippen MR) is 75.7 cm³/mol. The molecule has 0 amide bonds. The molecule has 1 unspecified atom stereocenters. The summed E-state index contributed by atoms with van der Waals surface area (Å²) in [6.07, 6.45) is 0.203. The number of benzene rings is 1. The number of thioether (sulfide) groups is 1. The SMILES string of the molecule is CC(C)c1ccc2c(c1)SCC(CC(=O)O)N2C. The normalized spacial score (nSPS) is 18.9. The van der Waals surface area contributed by atoms with Crippen molar-refractivity contribution in [3.63, 3.8) is 0 Å². The van der Waals surface area contributed by atoms with Gasteiger partial charge in [-0.1, -0.05) is 19.9 Å². The Hall–Kier alpha value is -1.16. The van der Waals surface area contributed by atoms with Crippen molar-refractivity contribution < 1.29 is 9.90 Å². The standard InChI is InChI=1S/C14H19NO2S/c1-9(2)10-4-5-12-13(6-10)18-8-11(15(12)3)7-14(16)17/h4-6,9,11H,7-8H2,1-3H3,(H,16,17). The van der Waals surface area contributed by atoms with Gasteiger partial charge in [0.15, 0.2) is 0 Å². The van der Waals surface area contributed by atoms with Gasteiger partial charge in [0.05, 0.1) is 12.1 Å². The topological polar surface area (TPSA) is 40.5 Å². The number of rotatable bonds is 3. The van der Waals surface area contributed by atoms with Crippen LogP contribution in [0.25, 0.3) is 0 Å². The van der Waals surface area contributed by atoms with E-state index in [1.807, 2.05) is 7.05 Å². The molecule has 0 saturated heterocycles. The van der Waals surface area contributed by atoms with Crippen molar-refractivity contribution in [3.8, 4) is 0 Å². The Kier molecular flexibility index (Phi) is 3.85. The lowest BCUT2D eigenvalue weighted by Gasteiger charge is -2.35. The largest absolute Gasteiger partial charge is 0.481 e. The van der Waals surface area contributed by atoms with Crippen molar-refractivity contribution in [2.45, 2.75) is 37.1 Å². The Balaban J connectivity index is 2.25. The van der Waals surface area contributed by atoms with E-state index in [1.165, 1.54) is 10.5 Å². The Labute approximate surface area is 112 Å². The number of carboxylic acid groups (broad SMARTS) is 1. The van der Waals surface area contributed by atoms with Gasteiger partial charge in [0.1, 0.15) is 0 Å². The fraction of sp³-hybridized carbons (Fsp3) is 0.500. The monoisotopic (exact) mass is 265 g/mol.